The van der Waals surface area contributed by atoms with Gasteiger partial charge in [-0.3, -0.25) is 5.14 Å². The largest absolute Gasteiger partial charge is 0.477 e. The Kier molecular flexibility index (Phi) is 5.10. The maximum Gasteiger partial charge on any atom is 0.352 e. The van der Waals surface area contributed by atoms with Gasteiger partial charge < -0.3 is 20.9 Å². The van der Waals surface area contributed by atoms with Crippen molar-refractivity contribution in [3.8, 4) is 5.88 Å². The second-order valence-corrected chi connectivity index (χ2v) is 9.36. The van der Waals surface area contributed by atoms with E-state index in [1.54, 1.807) is 10.9 Å². The molecule has 3 unspecified atom stereocenters. The molecule has 0 spiro atoms. The number of carbonyl (C=O) groups is 1. The molecule has 2 aliphatic carbocycles. The summed E-state index contributed by atoms with van der Waals surface area (Å²) in [6.07, 6.45) is 5.54. The smallest absolute Gasteiger partial charge is 0.352 e. The molecule has 3 aliphatic rings. The third kappa shape index (κ3) is 3.33. The van der Waals surface area contributed by atoms with E-state index in [-0.39, 0.29) is 5.92 Å². The molecular weight excluding hydrogens is 404 g/mol. The minimum Gasteiger partial charge on any atom is -0.477 e. The lowest BCUT2D eigenvalue weighted by molar-refractivity contribution is 0.164. The van der Waals surface area contributed by atoms with Gasteiger partial charge in [-0.15, -0.1) is 0 Å². The van der Waals surface area contributed by atoms with Gasteiger partial charge in [0.15, 0.2) is 0 Å². The van der Waals surface area contributed by atoms with Gasteiger partial charge in [0, 0.05) is 29.0 Å². The highest BCUT2D eigenvalue weighted by atomic mass is 32.2. The van der Waals surface area contributed by atoms with Gasteiger partial charge in [-0.25, -0.2) is 9.48 Å². The first kappa shape index (κ1) is 19.7. The number of nitrogens with two attached hydrogens (primary N) is 2. The summed E-state index contributed by atoms with van der Waals surface area (Å²) in [4.78, 5) is 13.4. The first-order chi connectivity index (χ1) is 14.5. The molecule has 5 rings (SSSR count). The van der Waals surface area contributed by atoms with E-state index >= 15 is 0 Å². The predicted molar refractivity (Wildman–Crippen MR) is 113 cm³/mol. The highest BCUT2D eigenvalue weighted by Gasteiger charge is 2.29. The molecule has 1 aromatic heterocycles. The van der Waals surface area contributed by atoms with Crippen LogP contribution in [0.2, 0.25) is 0 Å². The summed E-state index contributed by atoms with van der Waals surface area (Å²) in [5.41, 5.74) is 10.9. The molecule has 10 heteroatoms. The Labute approximate surface area is 177 Å². The number of hydrogen-bond donors (Lipinski definition) is 4. The van der Waals surface area contributed by atoms with Crippen molar-refractivity contribution in [3.05, 3.63) is 34.5 Å². The monoisotopic (exact) mass is 430 g/mol. The summed E-state index contributed by atoms with van der Waals surface area (Å²) < 4.78 is 11.7. The molecule has 0 radical (unpaired) electrons. The molecule has 6 N–H and O–H groups in total. The maximum absolute atomic E-state index is 12.8. The molecule has 160 valence electrons. The van der Waals surface area contributed by atoms with Crippen molar-refractivity contribution >= 4 is 22.6 Å². The number of nitrogens with one attached hydrogen (secondary N) is 1. The van der Waals surface area contributed by atoms with Crippen LogP contribution in [0.3, 0.4) is 0 Å². The minimum absolute atomic E-state index is 0.211. The van der Waals surface area contributed by atoms with E-state index in [9.17, 15) is 9.90 Å². The molecule has 9 nitrogen and oxygen atoms in total. The van der Waals surface area contributed by atoms with E-state index in [0.29, 0.717) is 36.9 Å². The molecule has 0 saturated carbocycles. The lowest BCUT2D eigenvalue weighted by Crippen LogP contribution is -2.31. The number of urea groups is 1. The van der Waals surface area contributed by atoms with Crippen LogP contribution in [-0.4, -0.2) is 34.1 Å². The molecule has 1 aromatic carbocycles. The van der Waals surface area contributed by atoms with Gasteiger partial charge in [-0.05, 0) is 54.4 Å². The normalized spacial score (nSPS) is 22.9. The Bertz CT molecular complexity index is 1050. The van der Waals surface area contributed by atoms with Gasteiger partial charge >= 0.3 is 6.03 Å². The molecule has 0 saturated heterocycles. The van der Waals surface area contributed by atoms with E-state index < -0.39 is 23.0 Å². The second-order valence-electron chi connectivity index (χ2n) is 8.11. The standard InChI is InChI=1S/C20H26N6O3S/c21-7-11-9-26-19(29-10-11)17(8-23-26)30(22)25-20(28)24-18-13-3-1-2-12(13)6-15-14(18)4-5-16(15)27/h6,8,11,16,27H,1-5,7,9-10,21H2,(H3,22,24,25,28). The number of hydrogen-bond acceptors (Lipinski definition) is 5. The minimum atomic E-state index is -1.19. The quantitative estimate of drug-likeness (QED) is 0.583. The number of carbonyl (C=O) groups excluding carboxylic acids is 1. The Hall–Kier alpha value is -2.27. The van der Waals surface area contributed by atoms with E-state index in [2.05, 4.69) is 20.8 Å². The van der Waals surface area contributed by atoms with E-state index in [0.717, 1.165) is 42.5 Å². The SMILES string of the molecule is NCC1COc2c(S(N)=NC(=O)Nc3c4c(cc5c3CCC5O)CCC4)cnn2C1. The highest BCUT2D eigenvalue weighted by Crippen LogP contribution is 2.42. The summed E-state index contributed by atoms with van der Waals surface area (Å²) in [5, 5.41) is 23.8. The summed E-state index contributed by atoms with van der Waals surface area (Å²) in [6.45, 7) is 1.69. The van der Waals surface area contributed by atoms with Crippen molar-refractivity contribution in [2.45, 2.75) is 49.6 Å². The Morgan fingerprint density at radius 3 is 3.10 bits per heavy atom. The third-order valence-corrected chi connectivity index (χ3v) is 7.28. The van der Waals surface area contributed by atoms with Crippen LogP contribution < -0.4 is 20.9 Å². The average Bonchev–Trinajstić information content (AvgIpc) is 3.46. The maximum atomic E-state index is 12.8. The van der Waals surface area contributed by atoms with Crippen molar-refractivity contribution in [3.63, 3.8) is 0 Å². The van der Waals surface area contributed by atoms with Crippen molar-refractivity contribution in [2.75, 3.05) is 18.5 Å². The molecule has 2 amide bonds. The summed E-state index contributed by atoms with van der Waals surface area (Å²) in [5.74, 6) is 0.773. The molecule has 3 atom stereocenters. The Balaban J connectivity index is 1.41. The zero-order chi connectivity index (χ0) is 20.8. The summed E-state index contributed by atoms with van der Waals surface area (Å²) in [6, 6.07) is 1.63. The van der Waals surface area contributed by atoms with Crippen molar-refractivity contribution in [1.82, 2.24) is 9.78 Å². The number of nitrogens with zero attached hydrogens (tertiary/aromatic N) is 3. The van der Waals surface area contributed by atoms with Crippen LogP contribution in [-0.2, 0) is 36.7 Å². The second kappa shape index (κ2) is 7.77. The number of aromatic nitrogens is 2. The first-order valence-electron chi connectivity index (χ1n) is 10.3. The van der Waals surface area contributed by atoms with E-state index in [1.807, 2.05) is 0 Å². The van der Waals surface area contributed by atoms with Gasteiger partial charge in [0.05, 0.1) is 25.5 Å². The molecule has 0 fully saturated rings. The van der Waals surface area contributed by atoms with Crippen LogP contribution in [0.25, 0.3) is 0 Å². The van der Waals surface area contributed by atoms with Crippen LogP contribution in [0, 0.1) is 5.92 Å². The van der Waals surface area contributed by atoms with Crippen molar-refractivity contribution in [1.29, 1.82) is 0 Å². The van der Waals surface area contributed by atoms with Crippen molar-refractivity contribution < 1.29 is 14.6 Å². The Morgan fingerprint density at radius 1 is 1.40 bits per heavy atom. The van der Waals surface area contributed by atoms with Gasteiger partial charge in [-0.1, -0.05) is 6.07 Å². The third-order valence-electron chi connectivity index (χ3n) is 6.19. The molecule has 2 aromatic rings. The van der Waals surface area contributed by atoms with Crippen LogP contribution in [0.4, 0.5) is 10.5 Å². The fourth-order valence-electron chi connectivity index (χ4n) is 4.65. The van der Waals surface area contributed by atoms with Crippen LogP contribution in [0.5, 0.6) is 5.88 Å². The first-order valence-corrected chi connectivity index (χ1v) is 11.6. The van der Waals surface area contributed by atoms with Crippen molar-refractivity contribution in [2.24, 2.45) is 21.2 Å². The fourth-order valence-corrected chi connectivity index (χ4v) is 5.47. The van der Waals surface area contributed by atoms with Crippen LogP contribution >= 0.6 is 0 Å². The van der Waals surface area contributed by atoms with Gasteiger partial charge in [0.1, 0.15) is 4.90 Å². The van der Waals surface area contributed by atoms with E-state index in [4.69, 9.17) is 15.6 Å². The Morgan fingerprint density at radius 2 is 2.27 bits per heavy atom. The predicted octanol–water partition coefficient (Wildman–Crippen LogP) is 1.59. The van der Waals surface area contributed by atoms with Crippen LogP contribution in [0.1, 0.15) is 41.2 Å². The van der Waals surface area contributed by atoms with Gasteiger partial charge in [0.2, 0.25) is 5.88 Å². The molecule has 1 aliphatic heterocycles. The number of aliphatic hydroxyl groups excluding tert-OH is 1. The summed E-state index contributed by atoms with van der Waals surface area (Å²) in [7, 11) is -1.19. The number of ether oxygens (including phenoxy) is 1. The van der Waals surface area contributed by atoms with E-state index in [1.165, 1.54) is 11.1 Å². The topological polar surface area (TPSA) is 141 Å². The zero-order valence-electron chi connectivity index (χ0n) is 16.6. The van der Waals surface area contributed by atoms with Gasteiger partial charge in [-0.2, -0.15) is 9.46 Å². The van der Waals surface area contributed by atoms with Crippen LogP contribution in [0.15, 0.2) is 21.5 Å². The molecule has 30 heavy (non-hydrogen) atoms. The summed E-state index contributed by atoms with van der Waals surface area (Å²) >= 11 is 0. The molecule has 2 heterocycles. The number of amides is 2. The number of fused-ring (bicyclic) bond motifs is 3. The number of anilines is 1. The lowest BCUT2D eigenvalue weighted by Gasteiger charge is -2.23. The zero-order valence-corrected chi connectivity index (χ0v) is 17.5. The number of rotatable bonds is 3. The van der Waals surface area contributed by atoms with Gasteiger partial charge in [0.25, 0.3) is 0 Å². The number of benzene rings is 1. The lowest BCUT2D eigenvalue weighted by atomic mass is 9.98. The molecular formula is C20H26N6O3S. The number of aliphatic hydroxyl groups is 1. The molecule has 0 bridgehead atoms. The fraction of sp³-hybridized carbons (Fsp3) is 0.500. The average molecular weight is 431 g/mol. The highest BCUT2D eigenvalue weighted by molar-refractivity contribution is 7.85. The number of aryl methyl sites for hydroxylation is 1.